The molecule has 0 aliphatic carbocycles. The predicted molar refractivity (Wildman–Crippen MR) is 40.2 cm³/mol. The number of terminal acetylenes is 1. The molecule has 0 aromatic rings. The molecule has 3 atom stereocenters. The van der Waals surface area contributed by atoms with Crippen molar-refractivity contribution in [2.24, 2.45) is 5.92 Å². The highest BCUT2D eigenvalue weighted by molar-refractivity contribution is 5.00. The maximum Gasteiger partial charge on any atom is 0.119 e. The Kier molecular flexibility index (Phi) is 3.78. The molecule has 0 aliphatic rings. The third kappa shape index (κ3) is 2.22. The lowest BCUT2D eigenvalue weighted by molar-refractivity contribution is 0.0779. The van der Waals surface area contributed by atoms with Crippen molar-refractivity contribution in [2.75, 3.05) is 0 Å². The monoisotopic (exact) mass is 140 g/mol. The van der Waals surface area contributed by atoms with Crippen LogP contribution in [0.3, 0.4) is 0 Å². The molecule has 56 valence electrons. The third-order valence-electron chi connectivity index (χ3n) is 1.45. The van der Waals surface area contributed by atoms with Crippen molar-refractivity contribution in [2.45, 2.75) is 19.1 Å². The summed E-state index contributed by atoms with van der Waals surface area (Å²) in [6.45, 7) is 5.03. The highest BCUT2D eigenvalue weighted by Gasteiger charge is 2.17. The zero-order valence-corrected chi connectivity index (χ0v) is 5.99. The summed E-state index contributed by atoms with van der Waals surface area (Å²) in [4.78, 5) is 0. The first-order chi connectivity index (χ1) is 4.63. The Morgan fingerprint density at radius 2 is 2.10 bits per heavy atom. The van der Waals surface area contributed by atoms with Crippen molar-refractivity contribution in [3.63, 3.8) is 0 Å². The van der Waals surface area contributed by atoms with Crippen molar-refractivity contribution in [1.82, 2.24) is 0 Å². The molecule has 0 radical (unpaired) electrons. The normalized spacial score (nSPS) is 18.6. The van der Waals surface area contributed by atoms with E-state index in [-0.39, 0.29) is 5.92 Å². The van der Waals surface area contributed by atoms with Gasteiger partial charge < -0.3 is 10.2 Å². The molecule has 2 N–H and O–H groups in total. The third-order valence-corrected chi connectivity index (χ3v) is 1.45. The molecule has 0 aromatic heterocycles. The van der Waals surface area contributed by atoms with Crippen LogP contribution in [0.2, 0.25) is 0 Å². The molecule has 2 heteroatoms. The van der Waals surface area contributed by atoms with Crippen molar-refractivity contribution < 1.29 is 10.2 Å². The van der Waals surface area contributed by atoms with Gasteiger partial charge >= 0.3 is 0 Å². The lowest BCUT2D eigenvalue weighted by Crippen LogP contribution is -2.26. The maximum atomic E-state index is 9.05. The van der Waals surface area contributed by atoms with E-state index in [4.69, 9.17) is 16.6 Å². The van der Waals surface area contributed by atoms with Gasteiger partial charge in [0.15, 0.2) is 0 Å². The Hall–Kier alpha value is -0.780. The average molecular weight is 140 g/mol. The Morgan fingerprint density at radius 3 is 2.40 bits per heavy atom. The summed E-state index contributed by atoms with van der Waals surface area (Å²) >= 11 is 0. The summed E-state index contributed by atoms with van der Waals surface area (Å²) in [6, 6.07) is 0. The van der Waals surface area contributed by atoms with Crippen LogP contribution in [0.25, 0.3) is 0 Å². The van der Waals surface area contributed by atoms with Gasteiger partial charge in [-0.3, -0.25) is 0 Å². The predicted octanol–water partition coefficient (Wildman–Crippen LogP) is 0.164. The summed E-state index contributed by atoms with van der Waals surface area (Å²) in [5, 5.41) is 18.0. The second-order valence-electron chi connectivity index (χ2n) is 2.20. The highest BCUT2D eigenvalue weighted by atomic mass is 16.3. The van der Waals surface area contributed by atoms with E-state index < -0.39 is 12.2 Å². The highest BCUT2D eigenvalue weighted by Crippen LogP contribution is 2.08. The summed E-state index contributed by atoms with van der Waals surface area (Å²) in [5.74, 6) is 1.78. The molecule has 0 spiro atoms. The van der Waals surface area contributed by atoms with E-state index in [1.165, 1.54) is 6.08 Å². The zero-order valence-electron chi connectivity index (χ0n) is 5.99. The van der Waals surface area contributed by atoms with Crippen LogP contribution < -0.4 is 0 Å². The fraction of sp³-hybridized carbons (Fsp3) is 0.500. The summed E-state index contributed by atoms with van der Waals surface area (Å²) in [6.07, 6.45) is 4.65. The molecule has 0 saturated carbocycles. The average Bonchev–Trinajstić information content (AvgIpc) is 2.00. The largest absolute Gasteiger partial charge is 0.389 e. The summed E-state index contributed by atoms with van der Waals surface area (Å²) in [7, 11) is 0. The van der Waals surface area contributed by atoms with Crippen molar-refractivity contribution in [3.05, 3.63) is 12.7 Å². The molecule has 2 nitrogen and oxygen atoms in total. The molecular weight excluding hydrogens is 128 g/mol. The molecule has 0 fully saturated rings. The van der Waals surface area contributed by atoms with E-state index in [2.05, 4.69) is 12.5 Å². The second-order valence-corrected chi connectivity index (χ2v) is 2.20. The molecule has 0 aromatic carbocycles. The maximum absolute atomic E-state index is 9.05. The molecule has 0 saturated heterocycles. The van der Waals surface area contributed by atoms with Gasteiger partial charge in [0.25, 0.3) is 0 Å². The van der Waals surface area contributed by atoms with Gasteiger partial charge in [-0.2, -0.15) is 0 Å². The van der Waals surface area contributed by atoms with Gasteiger partial charge in [0.05, 0.1) is 6.10 Å². The SMILES string of the molecule is C#C[C@H](O)[C@@H](C)[C@H](O)C=C. The Bertz CT molecular complexity index is 146. The van der Waals surface area contributed by atoms with E-state index in [0.29, 0.717) is 0 Å². The zero-order chi connectivity index (χ0) is 8.15. The van der Waals surface area contributed by atoms with E-state index in [9.17, 15) is 0 Å². The smallest absolute Gasteiger partial charge is 0.119 e. The molecule has 0 bridgehead atoms. The van der Waals surface area contributed by atoms with Crippen LogP contribution in [-0.4, -0.2) is 22.4 Å². The van der Waals surface area contributed by atoms with E-state index in [1.807, 2.05) is 0 Å². The van der Waals surface area contributed by atoms with Gasteiger partial charge in [-0.1, -0.05) is 18.9 Å². The number of aliphatic hydroxyl groups excluding tert-OH is 2. The number of hydrogen-bond acceptors (Lipinski definition) is 2. The number of hydrogen-bond donors (Lipinski definition) is 2. The van der Waals surface area contributed by atoms with Gasteiger partial charge in [0.1, 0.15) is 6.10 Å². The van der Waals surface area contributed by atoms with Crippen LogP contribution in [0.1, 0.15) is 6.92 Å². The minimum atomic E-state index is -0.895. The van der Waals surface area contributed by atoms with Crippen LogP contribution >= 0.6 is 0 Å². The fourth-order valence-corrected chi connectivity index (χ4v) is 0.553. The Morgan fingerprint density at radius 1 is 1.60 bits per heavy atom. The molecule has 0 unspecified atom stereocenters. The molecule has 10 heavy (non-hydrogen) atoms. The van der Waals surface area contributed by atoms with Gasteiger partial charge in [-0.15, -0.1) is 13.0 Å². The first-order valence-corrected chi connectivity index (χ1v) is 3.08. The first-order valence-electron chi connectivity index (χ1n) is 3.08. The van der Waals surface area contributed by atoms with E-state index in [1.54, 1.807) is 6.92 Å². The topological polar surface area (TPSA) is 40.5 Å². The van der Waals surface area contributed by atoms with Crippen LogP contribution in [-0.2, 0) is 0 Å². The summed E-state index contributed by atoms with van der Waals surface area (Å²) < 4.78 is 0. The second kappa shape index (κ2) is 4.10. The first kappa shape index (κ1) is 9.22. The van der Waals surface area contributed by atoms with Gasteiger partial charge in [-0.25, -0.2) is 0 Å². The van der Waals surface area contributed by atoms with Crippen molar-refractivity contribution >= 4 is 0 Å². The minimum Gasteiger partial charge on any atom is -0.389 e. The Balaban J connectivity index is 3.95. The molecule has 0 amide bonds. The Labute approximate surface area is 61.2 Å². The van der Waals surface area contributed by atoms with Crippen molar-refractivity contribution in [3.8, 4) is 12.3 Å². The van der Waals surface area contributed by atoms with Gasteiger partial charge in [0, 0.05) is 5.92 Å². The fourth-order valence-electron chi connectivity index (χ4n) is 0.553. The minimum absolute atomic E-state index is 0.345. The molecule has 0 rings (SSSR count). The van der Waals surface area contributed by atoms with E-state index >= 15 is 0 Å². The number of aliphatic hydroxyl groups is 2. The molecule has 0 aliphatic heterocycles. The van der Waals surface area contributed by atoms with Gasteiger partial charge in [-0.05, 0) is 0 Å². The van der Waals surface area contributed by atoms with Crippen molar-refractivity contribution in [1.29, 1.82) is 0 Å². The lowest BCUT2D eigenvalue weighted by Gasteiger charge is -2.16. The molecular formula is C8H12O2. The van der Waals surface area contributed by atoms with Crippen LogP contribution in [0, 0.1) is 18.3 Å². The van der Waals surface area contributed by atoms with Crippen LogP contribution in [0.4, 0.5) is 0 Å². The summed E-state index contributed by atoms with van der Waals surface area (Å²) in [5.41, 5.74) is 0. The van der Waals surface area contributed by atoms with Crippen LogP contribution in [0.5, 0.6) is 0 Å². The van der Waals surface area contributed by atoms with Crippen LogP contribution in [0.15, 0.2) is 12.7 Å². The standard InChI is InChI=1S/C8H12O2/c1-4-7(9)6(3)8(10)5-2/h1,5-10H,2H2,3H3/t6-,7+,8-/m1/s1. The lowest BCUT2D eigenvalue weighted by atomic mass is 9.99. The van der Waals surface area contributed by atoms with Gasteiger partial charge in [0.2, 0.25) is 0 Å². The molecule has 0 heterocycles. The number of rotatable bonds is 3. The quantitative estimate of drug-likeness (QED) is 0.433. The van der Waals surface area contributed by atoms with E-state index in [0.717, 1.165) is 0 Å².